The summed E-state index contributed by atoms with van der Waals surface area (Å²) < 4.78 is 40.5. The molecule has 1 aromatic carbocycles. The Morgan fingerprint density at radius 3 is 2.07 bits per heavy atom. The van der Waals surface area contributed by atoms with Crippen LogP contribution in [0.1, 0.15) is 27.7 Å². The average Bonchev–Trinajstić information content (AvgIpc) is 2.60. The number of hydrogen-bond acceptors (Lipinski definition) is 4. The second-order valence-corrected chi connectivity index (χ2v) is 10.1. The van der Waals surface area contributed by atoms with Crippen molar-refractivity contribution in [1.29, 1.82) is 0 Å². The number of benzene rings is 1. The number of hydrogen-bond donors (Lipinski definition) is 0. The molecule has 6 nitrogen and oxygen atoms in total. The van der Waals surface area contributed by atoms with Gasteiger partial charge in [-0.3, -0.25) is 9.69 Å². The Morgan fingerprint density at radius 2 is 1.57 bits per heavy atom. The molecular weight excluding hydrogens is 381 g/mol. The molecule has 8 heteroatoms. The summed E-state index contributed by atoms with van der Waals surface area (Å²) in [6.07, 6.45) is 0. The number of sulfonamides is 1. The molecule has 0 spiro atoms. The summed E-state index contributed by atoms with van der Waals surface area (Å²) >= 11 is 0. The highest BCUT2D eigenvalue weighted by atomic mass is 32.2. The van der Waals surface area contributed by atoms with Gasteiger partial charge in [-0.05, 0) is 24.0 Å². The van der Waals surface area contributed by atoms with Crippen LogP contribution >= 0.6 is 0 Å². The lowest BCUT2D eigenvalue weighted by Crippen LogP contribution is -2.53. The van der Waals surface area contributed by atoms with E-state index in [2.05, 4.69) is 32.6 Å². The summed E-state index contributed by atoms with van der Waals surface area (Å²) in [4.78, 5) is 16.3. The number of piperazine rings is 1. The van der Waals surface area contributed by atoms with Gasteiger partial charge in [-0.1, -0.05) is 39.8 Å². The topological polar surface area (TPSA) is 60.9 Å². The SMILES string of the molecule is CC(C)CN(CC(=O)N1CCN(S(=O)(=O)c2ccccc2F)CC1)CC(C)C. The molecule has 0 bridgehead atoms. The van der Waals surface area contributed by atoms with Gasteiger partial charge in [0.15, 0.2) is 0 Å². The highest BCUT2D eigenvalue weighted by Gasteiger charge is 2.32. The summed E-state index contributed by atoms with van der Waals surface area (Å²) in [5.41, 5.74) is 0. The summed E-state index contributed by atoms with van der Waals surface area (Å²) in [5, 5.41) is 0. The third-order valence-corrected chi connectivity index (χ3v) is 6.58. The number of carbonyl (C=O) groups is 1. The van der Waals surface area contributed by atoms with E-state index in [9.17, 15) is 17.6 Å². The van der Waals surface area contributed by atoms with Crippen molar-refractivity contribution >= 4 is 15.9 Å². The molecule has 1 aromatic rings. The van der Waals surface area contributed by atoms with Crippen LogP contribution in [0.4, 0.5) is 4.39 Å². The van der Waals surface area contributed by atoms with Crippen LogP contribution in [-0.2, 0) is 14.8 Å². The smallest absolute Gasteiger partial charge is 0.246 e. The van der Waals surface area contributed by atoms with Crippen LogP contribution in [0.3, 0.4) is 0 Å². The first-order valence-electron chi connectivity index (χ1n) is 9.86. The molecule has 0 aliphatic carbocycles. The zero-order valence-electron chi connectivity index (χ0n) is 17.3. The average molecular weight is 414 g/mol. The van der Waals surface area contributed by atoms with Gasteiger partial charge in [0.05, 0.1) is 6.54 Å². The van der Waals surface area contributed by atoms with E-state index in [1.807, 2.05) is 0 Å². The van der Waals surface area contributed by atoms with Crippen molar-refractivity contribution in [3.05, 3.63) is 30.1 Å². The third-order valence-electron chi connectivity index (χ3n) is 4.65. The predicted octanol–water partition coefficient (Wildman–Crippen LogP) is 2.27. The number of nitrogens with zero attached hydrogens (tertiary/aromatic N) is 3. The van der Waals surface area contributed by atoms with Crippen molar-refractivity contribution in [3.8, 4) is 0 Å². The van der Waals surface area contributed by atoms with Gasteiger partial charge in [0.25, 0.3) is 0 Å². The lowest BCUT2D eigenvalue weighted by atomic mass is 10.1. The molecule has 1 heterocycles. The summed E-state index contributed by atoms with van der Waals surface area (Å²) in [5.74, 6) is 0.201. The Kier molecular flexibility index (Phi) is 7.97. The fourth-order valence-electron chi connectivity index (χ4n) is 3.50. The summed E-state index contributed by atoms with van der Waals surface area (Å²) in [6.45, 7) is 11.6. The van der Waals surface area contributed by atoms with Crippen LogP contribution in [0, 0.1) is 17.7 Å². The van der Waals surface area contributed by atoms with Crippen LogP contribution < -0.4 is 0 Å². The second-order valence-electron chi connectivity index (χ2n) is 8.20. The van der Waals surface area contributed by atoms with E-state index in [0.29, 0.717) is 31.5 Å². The molecule has 0 atom stereocenters. The van der Waals surface area contributed by atoms with Crippen molar-refractivity contribution < 1.29 is 17.6 Å². The number of halogens is 1. The Morgan fingerprint density at radius 1 is 1.04 bits per heavy atom. The minimum atomic E-state index is -3.89. The molecule has 1 fully saturated rings. The Bertz CT molecular complexity index is 750. The molecule has 0 saturated carbocycles. The highest BCUT2D eigenvalue weighted by Crippen LogP contribution is 2.20. The van der Waals surface area contributed by atoms with E-state index < -0.39 is 15.8 Å². The van der Waals surface area contributed by atoms with Gasteiger partial charge in [-0.15, -0.1) is 0 Å². The molecule has 0 N–H and O–H groups in total. The van der Waals surface area contributed by atoms with E-state index in [4.69, 9.17) is 0 Å². The lowest BCUT2D eigenvalue weighted by Gasteiger charge is -2.35. The molecule has 1 aliphatic rings. The molecule has 28 heavy (non-hydrogen) atoms. The van der Waals surface area contributed by atoms with Gasteiger partial charge >= 0.3 is 0 Å². The number of rotatable bonds is 8. The number of carbonyl (C=O) groups excluding carboxylic acids is 1. The molecule has 0 aromatic heterocycles. The quantitative estimate of drug-likeness (QED) is 0.656. The molecule has 1 amide bonds. The number of amides is 1. The first kappa shape index (κ1) is 22.8. The van der Waals surface area contributed by atoms with Crippen molar-refractivity contribution in [2.24, 2.45) is 11.8 Å². The van der Waals surface area contributed by atoms with E-state index >= 15 is 0 Å². The Labute approximate surface area is 168 Å². The van der Waals surface area contributed by atoms with Crippen molar-refractivity contribution in [2.75, 3.05) is 45.8 Å². The fourth-order valence-corrected chi connectivity index (χ4v) is 4.99. The maximum Gasteiger partial charge on any atom is 0.246 e. The molecule has 1 saturated heterocycles. The van der Waals surface area contributed by atoms with Crippen molar-refractivity contribution in [1.82, 2.24) is 14.1 Å². The first-order chi connectivity index (χ1) is 13.1. The largest absolute Gasteiger partial charge is 0.339 e. The van der Waals surface area contributed by atoms with Gasteiger partial charge in [-0.25, -0.2) is 12.8 Å². The monoisotopic (exact) mass is 413 g/mol. The molecule has 158 valence electrons. The second kappa shape index (κ2) is 9.80. The molecule has 2 rings (SSSR count). The molecule has 1 aliphatic heterocycles. The van der Waals surface area contributed by atoms with Crippen LogP contribution in [0.15, 0.2) is 29.2 Å². The minimum absolute atomic E-state index is 0.0178. The van der Waals surface area contributed by atoms with E-state index in [-0.39, 0.29) is 23.9 Å². The van der Waals surface area contributed by atoms with Gasteiger partial charge in [0.1, 0.15) is 10.7 Å². The maximum absolute atomic E-state index is 13.9. The van der Waals surface area contributed by atoms with Gasteiger partial charge in [0, 0.05) is 39.3 Å². The Balaban J connectivity index is 1.97. The van der Waals surface area contributed by atoms with Crippen molar-refractivity contribution in [3.63, 3.8) is 0 Å². The summed E-state index contributed by atoms with van der Waals surface area (Å²) in [6, 6.07) is 5.39. The van der Waals surface area contributed by atoms with Crippen LogP contribution in [-0.4, -0.2) is 74.2 Å². The van der Waals surface area contributed by atoms with E-state index in [1.165, 1.54) is 22.5 Å². The van der Waals surface area contributed by atoms with Crippen LogP contribution in [0.5, 0.6) is 0 Å². The minimum Gasteiger partial charge on any atom is -0.339 e. The van der Waals surface area contributed by atoms with Gasteiger partial charge < -0.3 is 4.90 Å². The zero-order chi connectivity index (χ0) is 20.9. The standard InChI is InChI=1S/C20H32FN3O3S/c1-16(2)13-22(14-17(3)4)15-20(25)23-9-11-24(12-10-23)28(26,27)19-8-6-5-7-18(19)21/h5-8,16-17H,9-15H2,1-4H3. The van der Waals surface area contributed by atoms with Crippen molar-refractivity contribution in [2.45, 2.75) is 32.6 Å². The normalized spacial score (nSPS) is 16.4. The highest BCUT2D eigenvalue weighted by molar-refractivity contribution is 7.89. The summed E-state index contributed by atoms with van der Waals surface area (Å²) in [7, 11) is -3.89. The van der Waals surface area contributed by atoms with E-state index in [0.717, 1.165) is 19.2 Å². The zero-order valence-corrected chi connectivity index (χ0v) is 18.1. The van der Waals surface area contributed by atoms with Gasteiger partial charge in [-0.2, -0.15) is 4.31 Å². The predicted molar refractivity (Wildman–Crippen MR) is 108 cm³/mol. The van der Waals surface area contributed by atoms with Gasteiger partial charge in [0.2, 0.25) is 15.9 Å². The Hall–Kier alpha value is -1.51. The third kappa shape index (κ3) is 5.99. The maximum atomic E-state index is 13.9. The molecule has 0 radical (unpaired) electrons. The molecule has 0 unspecified atom stereocenters. The van der Waals surface area contributed by atoms with E-state index in [1.54, 1.807) is 4.90 Å². The molecular formula is C20H32FN3O3S. The fraction of sp³-hybridized carbons (Fsp3) is 0.650. The van der Waals surface area contributed by atoms with Crippen LogP contribution in [0.25, 0.3) is 0 Å². The van der Waals surface area contributed by atoms with Crippen LogP contribution in [0.2, 0.25) is 0 Å². The lowest BCUT2D eigenvalue weighted by molar-refractivity contribution is -0.133. The first-order valence-corrected chi connectivity index (χ1v) is 11.3.